The average Bonchev–Trinajstić information content (AvgIpc) is 3.08. The Bertz CT molecular complexity index is 938. The molecule has 0 aliphatic heterocycles. The number of hydrogen-bond donors (Lipinski definition) is 2. The number of rotatable bonds is 6. The molecule has 3 rings (SSSR count). The Morgan fingerprint density at radius 2 is 1.85 bits per heavy atom. The van der Waals surface area contributed by atoms with Gasteiger partial charge in [-0.2, -0.15) is 0 Å². The van der Waals surface area contributed by atoms with Crippen molar-refractivity contribution in [2.45, 2.75) is 13.5 Å². The number of anilines is 2. The van der Waals surface area contributed by atoms with Crippen LogP contribution in [0.1, 0.15) is 33.3 Å². The minimum atomic E-state index is -0.153. The summed E-state index contributed by atoms with van der Waals surface area (Å²) in [5.74, 6) is -0.117. The fourth-order valence-electron chi connectivity index (χ4n) is 2.27. The Morgan fingerprint density at radius 1 is 1.12 bits per heavy atom. The van der Waals surface area contributed by atoms with Crippen molar-refractivity contribution in [1.29, 1.82) is 0 Å². The zero-order valence-corrected chi connectivity index (χ0v) is 16.4. The normalized spacial score (nSPS) is 10.4. The fraction of sp³-hybridized carbons (Fsp3) is 0.105. The highest BCUT2D eigenvalue weighted by Crippen LogP contribution is 2.22. The van der Waals surface area contributed by atoms with Crippen molar-refractivity contribution in [3.63, 3.8) is 0 Å². The summed E-state index contributed by atoms with van der Waals surface area (Å²) in [4.78, 5) is 28.0. The lowest BCUT2D eigenvalue weighted by Gasteiger charge is -2.05. The first kappa shape index (κ1) is 18.3. The molecule has 1 aromatic heterocycles. The quantitative estimate of drug-likeness (QED) is 0.552. The molecule has 5 nitrogen and oxygen atoms in total. The Kier molecular flexibility index (Phi) is 5.80. The molecule has 0 saturated carbocycles. The Labute approximate surface area is 163 Å². The minimum Gasteiger partial charge on any atom is -0.346 e. The maximum absolute atomic E-state index is 12.2. The third-order valence-corrected chi connectivity index (χ3v) is 5.14. The average molecular weight is 430 g/mol. The second-order valence-electron chi connectivity index (χ2n) is 5.57. The Balaban J connectivity index is 1.58. The number of halogens is 1. The first-order valence-electron chi connectivity index (χ1n) is 7.88. The first-order chi connectivity index (χ1) is 12.5. The summed E-state index contributed by atoms with van der Waals surface area (Å²) in [5.41, 5.74) is 2.89. The van der Waals surface area contributed by atoms with Gasteiger partial charge in [0, 0.05) is 21.1 Å². The zero-order valence-electron chi connectivity index (χ0n) is 14.0. The van der Waals surface area contributed by atoms with Gasteiger partial charge in [0.15, 0.2) is 10.9 Å². The van der Waals surface area contributed by atoms with Gasteiger partial charge in [-0.25, -0.2) is 4.98 Å². The zero-order chi connectivity index (χ0) is 18.5. The molecule has 0 unspecified atom stereocenters. The van der Waals surface area contributed by atoms with E-state index in [1.807, 2.05) is 35.7 Å². The topological polar surface area (TPSA) is 71.1 Å². The van der Waals surface area contributed by atoms with Gasteiger partial charge >= 0.3 is 0 Å². The van der Waals surface area contributed by atoms with Crippen LogP contribution >= 0.6 is 27.3 Å². The van der Waals surface area contributed by atoms with Crippen LogP contribution in [0, 0.1) is 0 Å². The van der Waals surface area contributed by atoms with E-state index in [1.165, 1.54) is 18.3 Å². The molecule has 1 heterocycles. The van der Waals surface area contributed by atoms with E-state index in [1.54, 1.807) is 18.2 Å². The molecular formula is C19H16BrN3O2S. The van der Waals surface area contributed by atoms with Crippen LogP contribution < -0.4 is 10.6 Å². The molecule has 0 saturated heterocycles. The van der Waals surface area contributed by atoms with Gasteiger partial charge in [-0.3, -0.25) is 9.59 Å². The number of hydrogen-bond acceptors (Lipinski definition) is 5. The smallest absolute Gasteiger partial charge is 0.252 e. The van der Waals surface area contributed by atoms with Gasteiger partial charge in [0.2, 0.25) is 0 Å². The van der Waals surface area contributed by atoms with Crippen LogP contribution in [0.3, 0.4) is 0 Å². The standard InChI is InChI=1S/C19H16BrN3O2S/c1-12(24)13-6-8-14(9-7-13)22-19-23-15(11-26-19)10-21-18(25)16-4-2-3-5-17(16)20/h2-9,11H,10H2,1H3,(H,21,25)(H,22,23). The van der Waals surface area contributed by atoms with Gasteiger partial charge in [0.05, 0.1) is 17.8 Å². The van der Waals surface area contributed by atoms with Gasteiger partial charge in [-0.15, -0.1) is 11.3 Å². The summed E-state index contributed by atoms with van der Waals surface area (Å²) in [6, 6.07) is 14.5. The monoisotopic (exact) mass is 429 g/mol. The number of benzene rings is 2. The molecule has 7 heteroatoms. The van der Waals surface area contributed by atoms with E-state index in [4.69, 9.17) is 0 Å². The van der Waals surface area contributed by atoms with Crippen molar-refractivity contribution in [2.24, 2.45) is 0 Å². The van der Waals surface area contributed by atoms with Crippen molar-refractivity contribution in [2.75, 3.05) is 5.32 Å². The molecule has 0 aliphatic rings. The van der Waals surface area contributed by atoms with Crippen molar-refractivity contribution in [3.8, 4) is 0 Å². The molecule has 26 heavy (non-hydrogen) atoms. The third kappa shape index (κ3) is 4.56. The second kappa shape index (κ2) is 8.25. The van der Waals surface area contributed by atoms with Gasteiger partial charge in [-0.05, 0) is 59.3 Å². The second-order valence-corrected chi connectivity index (χ2v) is 7.28. The summed E-state index contributed by atoms with van der Waals surface area (Å²) < 4.78 is 0.757. The highest BCUT2D eigenvalue weighted by atomic mass is 79.9. The molecule has 3 aromatic rings. The molecule has 0 fully saturated rings. The number of ketones is 1. The number of amides is 1. The van der Waals surface area contributed by atoms with E-state index >= 15 is 0 Å². The number of nitrogens with one attached hydrogen (secondary N) is 2. The van der Waals surface area contributed by atoms with E-state index < -0.39 is 0 Å². The van der Waals surface area contributed by atoms with Crippen molar-refractivity contribution < 1.29 is 9.59 Å². The Hall–Kier alpha value is -2.51. The summed E-state index contributed by atoms with van der Waals surface area (Å²) in [6.45, 7) is 1.89. The van der Waals surface area contributed by atoms with E-state index in [9.17, 15) is 9.59 Å². The van der Waals surface area contributed by atoms with Gasteiger partial charge < -0.3 is 10.6 Å². The molecule has 0 bridgehead atoms. The molecule has 0 radical (unpaired) electrons. The summed E-state index contributed by atoms with van der Waals surface area (Å²) in [7, 11) is 0. The SMILES string of the molecule is CC(=O)c1ccc(Nc2nc(CNC(=O)c3ccccc3Br)cs2)cc1. The predicted octanol–water partition coefficient (Wildman–Crippen LogP) is 4.78. The van der Waals surface area contributed by atoms with E-state index in [-0.39, 0.29) is 11.7 Å². The summed E-state index contributed by atoms with van der Waals surface area (Å²) >= 11 is 4.83. The van der Waals surface area contributed by atoms with Crippen molar-refractivity contribution in [1.82, 2.24) is 10.3 Å². The van der Waals surface area contributed by atoms with E-state index in [0.717, 1.165) is 21.0 Å². The first-order valence-corrected chi connectivity index (χ1v) is 9.55. The lowest BCUT2D eigenvalue weighted by atomic mass is 10.1. The lowest BCUT2D eigenvalue weighted by molar-refractivity contribution is 0.0948. The van der Waals surface area contributed by atoms with Crippen LogP contribution in [0.25, 0.3) is 0 Å². The molecule has 2 N–H and O–H groups in total. The highest BCUT2D eigenvalue weighted by Gasteiger charge is 2.10. The molecular weight excluding hydrogens is 414 g/mol. The number of carbonyl (C=O) groups is 2. The van der Waals surface area contributed by atoms with Gasteiger partial charge in [0.1, 0.15) is 0 Å². The van der Waals surface area contributed by atoms with Gasteiger partial charge in [0.25, 0.3) is 5.91 Å². The van der Waals surface area contributed by atoms with Crippen molar-refractivity contribution >= 4 is 49.8 Å². The van der Waals surface area contributed by atoms with Crippen LogP contribution in [0.2, 0.25) is 0 Å². The van der Waals surface area contributed by atoms with E-state index in [2.05, 4.69) is 31.5 Å². The molecule has 0 spiro atoms. The maximum atomic E-state index is 12.2. The Morgan fingerprint density at radius 3 is 2.54 bits per heavy atom. The molecule has 132 valence electrons. The molecule has 2 aromatic carbocycles. The van der Waals surface area contributed by atoms with Crippen LogP contribution in [-0.4, -0.2) is 16.7 Å². The number of Topliss-reactive ketones (excluding diaryl/α,β-unsaturated/α-hetero) is 1. The number of aromatic nitrogens is 1. The summed E-state index contributed by atoms with van der Waals surface area (Å²) in [6.07, 6.45) is 0. The number of nitrogens with zero attached hydrogens (tertiary/aromatic N) is 1. The van der Waals surface area contributed by atoms with Gasteiger partial charge in [-0.1, -0.05) is 12.1 Å². The highest BCUT2D eigenvalue weighted by molar-refractivity contribution is 9.10. The minimum absolute atomic E-state index is 0.0360. The maximum Gasteiger partial charge on any atom is 0.252 e. The van der Waals surface area contributed by atoms with E-state index in [0.29, 0.717) is 17.7 Å². The third-order valence-electron chi connectivity index (χ3n) is 3.64. The lowest BCUT2D eigenvalue weighted by Crippen LogP contribution is -2.23. The molecule has 1 amide bonds. The van der Waals surface area contributed by atoms with Crippen LogP contribution in [0.5, 0.6) is 0 Å². The number of carbonyl (C=O) groups excluding carboxylic acids is 2. The molecule has 0 atom stereocenters. The van der Waals surface area contributed by atoms with Crippen LogP contribution in [0.15, 0.2) is 58.4 Å². The number of thiazole rings is 1. The predicted molar refractivity (Wildman–Crippen MR) is 107 cm³/mol. The largest absolute Gasteiger partial charge is 0.346 e. The summed E-state index contributed by atoms with van der Waals surface area (Å²) in [5, 5.41) is 8.68. The van der Waals surface area contributed by atoms with Crippen LogP contribution in [0.4, 0.5) is 10.8 Å². The van der Waals surface area contributed by atoms with Crippen LogP contribution in [-0.2, 0) is 6.54 Å². The fourth-order valence-corrected chi connectivity index (χ4v) is 3.46. The molecule has 0 aliphatic carbocycles. The van der Waals surface area contributed by atoms with Crippen molar-refractivity contribution in [3.05, 3.63) is 75.2 Å².